The van der Waals surface area contributed by atoms with Crippen LogP contribution in [-0.2, 0) is 16.6 Å². The lowest BCUT2D eigenvalue weighted by atomic mass is 9.88. The summed E-state index contributed by atoms with van der Waals surface area (Å²) in [6.45, 7) is 2.78. The molecule has 0 amide bonds. The van der Waals surface area contributed by atoms with Crippen molar-refractivity contribution in [2.24, 2.45) is 5.92 Å². The molecule has 20 heavy (non-hydrogen) atoms. The molecule has 0 spiro atoms. The predicted molar refractivity (Wildman–Crippen MR) is 80.9 cm³/mol. The van der Waals surface area contributed by atoms with Gasteiger partial charge in [-0.2, -0.15) is 0 Å². The van der Waals surface area contributed by atoms with Crippen molar-refractivity contribution < 1.29 is 8.42 Å². The normalized spacial score (nSPS) is 23.7. The molecule has 1 aromatic rings. The molecule has 2 N–H and O–H groups in total. The Morgan fingerprint density at radius 1 is 1.15 bits per heavy atom. The molecule has 1 aromatic carbocycles. The van der Waals surface area contributed by atoms with E-state index in [1.54, 1.807) is 12.1 Å². The van der Waals surface area contributed by atoms with Crippen LogP contribution in [0.15, 0.2) is 29.2 Å². The molecule has 1 aliphatic carbocycles. The second-order valence-electron chi connectivity index (χ2n) is 5.72. The summed E-state index contributed by atoms with van der Waals surface area (Å²) in [5, 5.41) is 3.01. The van der Waals surface area contributed by atoms with Gasteiger partial charge in [0.25, 0.3) is 0 Å². The maximum absolute atomic E-state index is 12.5. The van der Waals surface area contributed by atoms with Crippen molar-refractivity contribution in [1.82, 2.24) is 10.0 Å². The zero-order valence-corrected chi connectivity index (χ0v) is 13.0. The monoisotopic (exact) mass is 296 g/mol. The van der Waals surface area contributed by atoms with E-state index in [1.807, 2.05) is 19.2 Å². The summed E-state index contributed by atoms with van der Waals surface area (Å²) in [5.74, 6) is 0.715. The van der Waals surface area contributed by atoms with Crippen molar-refractivity contribution in [1.29, 1.82) is 0 Å². The fraction of sp³-hybridized carbons (Fsp3) is 0.600. The van der Waals surface area contributed by atoms with Gasteiger partial charge in [-0.25, -0.2) is 13.1 Å². The molecule has 2 rings (SSSR count). The first kappa shape index (κ1) is 15.5. The molecule has 1 aliphatic rings. The van der Waals surface area contributed by atoms with Gasteiger partial charge in [0.05, 0.1) is 4.90 Å². The van der Waals surface area contributed by atoms with Crippen LogP contribution in [0.3, 0.4) is 0 Å². The van der Waals surface area contributed by atoms with Crippen molar-refractivity contribution in [3.05, 3.63) is 29.8 Å². The second kappa shape index (κ2) is 6.70. The summed E-state index contributed by atoms with van der Waals surface area (Å²) in [4.78, 5) is 0.396. The zero-order chi connectivity index (χ0) is 14.6. The molecule has 0 aromatic heterocycles. The van der Waals surface area contributed by atoms with Gasteiger partial charge in [-0.05, 0) is 50.3 Å². The molecule has 0 radical (unpaired) electrons. The number of benzene rings is 1. The van der Waals surface area contributed by atoms with E-state index in [1.165, 1.54) is 0 Å². The van der Waals surface area contributed by atoms with Crippen LogP contribution in [0.4, 0.5) is 0 Å². The minimum absolute atomic E-state index is 0.0823. The fourth-order valence-corrected chi connectivity index (χ4v) is 4.31. The fourth-order valence-electron chi connectivity index (χ4n) is 2.76. The highest BCUT2D eigenvalue weighted by Crippen LogP contribution is 2.25. The van der Waals surface area contributed by atoms with Gasteiger partial charge in [-0.3, -0.25) is 0 Å². The Balaban J connectivity index is 2.14. The van der Waals surface area contributed by atoms with E-state index >= 15 is 0 Å². The van der Waals surface area contributed by atoms with Gasteiger partial charge in [-0.1, -0.05) is 25.1 Å². The number of sulfonamides is 1. The number of nitrogens with one attached hydrogen (secondary N) is 2. The van der Waals surface area contributed by atoms with Gasteiger partial charge < -0.3 is 5.32 Å². The third-order valence-electron chi connectivity index (χ3n) is 3.97. The molecule has 0 bridgehead atoms. The minimum Gasteiger partial charge on any atom is -0.316 e. The molecule has 0 heterocycles. The summed E-state index contributed by atoms with van der Waals surface area (Å²) in [5.41, 5.74) is 0.812. The van der Waals surface area contributed by atoms with Crippen LogP contribution in [0.2, 0.25) is 0 Å². The summed E-state index contributed by atoms with van der Waals surface area (Å²) in [7, 11) is -1.60. The zero-order valence-electron chi connectivity index (χ0n) is 12.2. The van der Waals surface area contributed by atoms with Crippen LogP contribution in [-0.4, -0.2) is 21.5 Å². The first-order chi connectivity index (χ1) is 9.53. The quantitative estimate of drug-likeness (QED) is 0.876. The highest BCUT2D eigenvalue weighted by atomic mass is 32.2. The molecule has 0 atom stereocenters. The van der Waals surface area contributed by atoms with Crippen LogP contribution in [0.25, 0.3) is 0 Å². The van der Waals surface area contributed by atoms with E-state index in [4.69, 9.17) is 0 Å². The largest absolute Gasteiger partial charge is 0.316 e. The second-order valence-corrected chi connectivity index (χ2v) is 7.40. The highest BCUT2D eigenvalue weighted by Gasteiger charge is 2.25. The van der Waals surface area contributed by atoms with Crippen molar-refractivity contribution in [3.63, 3.8) is 0 Å². The Kier molecular flexibility index (Phi) is 5.18. The lowest BCUT2D eigenvalue weighted by molar-refractivity contribution is 0.332. The van der Waals surface area contributed by atoms with Crippen LogP contribution in [0.5, 0.6) is 0 Å². The lowest BCUT2D eigenvalue weighted by Crippen LogP contribution is -2.37. The smallest absolute Gasteiger partial charge is 0.241 e. The third kappa shape index (κ3) is 3.81. The maximum atomic E-state index is 12.5. The van der Waals surface area contributed by atoms with Gasteiger partial charge in [0.2, 0.25) is 10.0 Å². The lowest BCUT2D eigenvalue weighted by Gasteiger charge is -2.27. The van der Waals surface area contributed by atoms with Gasteiger partial charge in [0, 0.05) is 12.6 Å². The van der Waals surface area contributed by atoms with Crippen molar-refractivity contribution >= 4 is 10.0 Å². The van der Waals surface area contributed by atoms with Crippen LogP contribution >= 0.6 is 0 Å². The molecule has 5 heteroatoms. The summed E-state index contributed by atoms with van der Waals surface area (Å²) in [6, 6.07) is 7.26. The number of rotatable bonds is 5. The first-order valence-corrected chi connectivity index (χ1v) is 8.76. The van der Waals surface area contributed by atoms with E-state index in [2.05, 4.69) is 17.0 Å². The minimum atomic E-state index is -3.42. The highest BCUT2D eigenvalue weighted by molar-refractivity contribution is 7.89. The van der Waals surface area contributed by atoms with Gasteiger partial charge in [-0.15, -0.1) is 0 Å². The standard InChI is InChI=1S/C15H24N2O2S/c1-12-7-9-14(10-8-12)17-20(18,19)15-6-4-3-5-13(15)11-16-2/h3-6,12,14,16-17H,7-11H2,1-2H3. The molecule has 0 unspecified atom stereocenters. The van der Waals surface area contributed by atoms with Gasteiger partial charge >= 0.3 is 0 Å². The van der Waals surface area contributed by atoms with Crippen molar-refractivity contribution in [2.45, 2.75) is 50.1 Å². The van der Waals surface area contributed by atoms with Gasteiger partial charge in [0.1, 0.15) is 0 Å². The molecular weight excluding hydrogens is 272 g/mol. The van der Waals surface area contributed by atoms with E-state index in [9.17, 15) is 8.42 Å². The average Bonchev–Trinajstić information content (AvgIpc) is 2.42. The maximum Gasteiger partial charge on any atom is 0.241 e. The molecular formula is C15H24N2O2S. The Bertz CT molecular complexity index is 535. The molecule has 112 valence electrons. The van der Waals surface area contributed by atoms with Crippen molar-refractivity contribution in [3.8, 4) is 0 Å². The first-order valence-electron chi connectivity index (χ1n) is 7.28. The van der Waals surface area contributed by atoms with E-state index in [0.29, 0.717) is 17.4 Å². The number of hydrogen-bond acceptors (Lipinski definition) is 3. The molecule has 1 fully saturated rings. The van der Waals surface area contributed by atoms with Crippen molar-refractivity contribution in [2.75, 3.05) is 7.05 Å². The predicted octanol–water partition coefficient (Wildman–Crippen LogP) is 2.26. The molecule has 4 nitrogen and oxygen atoms in total. The summed E-state index contributed by atoms with van der Waals surface area (Å²) >= 11 is 0. The molecule has 1 saturated carbocycles. The van der Waals surface area contributed by atoms with Gasteiger partial charge in [0.15, 0.2) is 0 Å². The Labute approximate surface area is 122 Å². The topological polar surface area (TPSA) is 58.2 Å². The average molecular weight is 296 g/mol. The summed E-state index contributed by atoms with van der Waals surface area (Å²) < 4.78 is 28.0. The van der Waals surface area contributed by atoms with E-state index < -0.39 is 10.0 Å². The van der Waals surface area contributed by atoms with Crippen LogP contribution in [0.1, 0.15) is 38.2 Å². The van der Waals surface area contributed by atoms with E-state index in [-0.39, 0.29) is 6.04 Å². The van der Waals surface area contributed by atoms with E-state index in [0.717, 1.165) is 31.2 Å². The SMILES string of the molecule is CNCc1ccccc1S(=O)(=O)NC1CCC(C)CC1. The van der Waals surface area contributed by atoms with Crippen LogP contribution in [0, 0.1) is 5.92 Å². The molecule has 0 aliphatic heterocycles. The Morgan fingerprint density at radius 3 is 2.45 bits per heavy atom. The molecule has 0 saturated heterocycles. The van der Waals surface area contributed by atoms with Crippen LogP contribution < -0.4 is 10.0 Å². The third-order valence-corrected chi connectivity index (χ3v) is 5.59. The Morgan fingerprint density at radius 2 is 1.80 bits per heavy atom. The number of hydrogen-bond donors (Lipinski definition) is 2. The Hall–Kier alpha value is -0.910. The summed E-state index contributed by atoms with van der Waals surface area (Å²) in [6.07, 6.45) is 4.08.